The van der Waals surface area contributed by atoms with Gasteiger partial charge in [-0.3, -0.25) is 4.68 Å². The summed E-state index contributed by atoms with van der Waals surface area (Å²) < 4.78 is 2.77. The first-order valence-corrected chi connectivity index (χ1v) is 4.55. The predicted molar refractivity (Wildman–Crippen MR) is 48.9 cm³/mol. The second kappa shape index (κ2) is 4.02. The van der Waals surface area contributed by atoms with Crippen LogP contribution in [0.4, 0.5) is 0 Å². The summed E-state index contributed by atoms with van der Waals surface area (Å²) in [6.45, 7) is 4.51. The maximum atomic E-state index is 8.48. The lowest BCUT2D eigenvalue weighted by atomic mass is 10.3. The first-order valence-electron chi connectivity index (χ1n) is 3.75. The molecule has 68 valence electrons. The molecule has 5 heteroatoms. The fourth-order valence-corrected chi connectivity index (χ4v) is 1.69. The minimum atomic E-state index is 0.326. The molecule has 0 saturated heterocycles. The normalized spacial score (nSPS) is 11.1. The van der Waals surface area contributed by atoms with Crippen LogP contribution >= 0.6 is 15.9 Å². The quantitative estimate of drug-likeness (QED) is 0.782. The van der Waals surface area contributed by atoms with Gasteiger partial charge in [-0.25, -0.2) is 5.48 Å². The second-order valence-corrected chi connectivity index (χ2v) is 3.58. The summed E-state index contributed by atoms with van der Waals surface area (Å²) in [4.78, 5) is 0. The third-order valence-corrected chi connectivity index (χ3v) is 2.44. The van der Waals surface area contributed by atoms with Crippen LogP contribution in [-0.4, -0.2) is 15.0 Å². The summed E-state index contributed by atoms with van der Waals surface area (Å²) in [5.41, 5.74) is 3.04. The van der Waals surface area contributed by atoms with Gasteiger partial charge in [-0.1, -0.05) is 0 Å². The molecule has 0 aliphatic heterocycles. The Bertz CT molecular complexity index is 259. The molecule has 0 atom stereocenters. The van der Waals surface area contributed by atoms with Crippen molar-refractivity contribution in [2.75, 3.05) is 0 Å². The maximum absolute atomic E-state index is 8.48. The van der Waals surface area contributed by atoms with Crippen LogP contribution in [0.1, 0.15) is 25.5 Å². The van der Waals surface area contributed by atoms with Gasteiger partial charge in [0.15, 0.2) is 0 Å². The number of rotatable bonds is 3. The molecular weight excluding hydrogens is 222 g/mol. The molecular formula is C7H12BrN3O. The average Bonchev–Trinajstić information content (AvgIpc) is 2.34. The number of hydrogen-bond acceptors (Lipinski definition) is 3. The van der Waals surface area contributed by atoms with Crippen LogP contribution in [0.5, 0.6) is 0 Å². The summed E-state index contributed by atoms with van der Waals surface area (Å²) >= 11 is 3.40. The van der Waals surface area contributed by atoms with Crippen molar-refractivity contribution in [2.24, 2.45) is 0 Å². The molecule has 0 fully saturated rings. The molecule has 0 bridgehead atoms. The number of nitrogens with zero attached hydrogens (tertiary/aromatic N) is 2. The largest absolute Gasteiger partial charge is 0.316 e. The van der Waals surface area contributed by atoms with Crippen LogP contribution in [0.2, 0.25) is 0 Å². The van der Waals surface area contributed by atoms with Crippen LogP contribution in [0.15, 0.2) is 10.8 Å². The van der Waals surface area contributed by atoms with Gasteiger partial charge in [0.05, 0.1) is 12.7 Å². The molecule has 1 aromatic heterocycles. The van der Waals surface area contributed by atoms with E-state index >= 15 is 0 Å². The fraction of sp³-hybridized carbons (Fsp3) is 0.571. The van der Waals surface area contributed by atoms with Gasteiger partial charge in [-0.05, 0) is 29.8 Å². The summed E-state index contributed by atoms with van der Waals surface area (Å²) in [5.74, 6) is 0. The zero-order chi connectivity index (χ0) is 9.14. The topological polar surface area (TPSA) is 50.1 Å². The van der Waals surface area contributed by atoms with E-state index in [9.17, 15) is 0 Å². The van der Waals surface area contributed by atoms with Gasteiger partial charge in [-0.15, -0.1) is 0 Å². The van der Waals surface area contributed by atoms with Crippen molar-refractivity contribution in [2.45, 2.75) is 26.4 Å². The van der Waals surface area contributed by atoms with Crippen molar-refractivity contribution in [1.82, 2.24) is 15.3 Å². The molecule has 2 N–H and O–H groups in total. The lowest BCUT2D eigenvalue weighted by Gasteiger charge is -2.06. The Morgan fingerprint density at radius 3 is 2.83 bits per heavy atom. The third-order valence-electron chi connectivity index (χ3n) is 1.56. The lowest BCUT2D eigenvalue weighted by Crippen LogP contribution is -2.07. The van der Waals surface area contributed by atoms with E-state index in [0.717, 1.165) is 10.2 Å². The average molecular weight is 234 g/mol. The molecule has 0 aliphatic carbocycles. The van der Waals surface area contributed by atoms with Gasteiger partial charge in [0.2, 0.25) is 0 Å². The minimum Gasteiger partial charge on any atom is -0.316 e. The molecule has 0 unspecified atom stereocenters. The van der Waals surface area contributed by atoms with E-state index in [2.05, 4.69) is 26.5 Å². The predicted octanol–water partition coefficient (Wildman–Crippen LogP) is 1.71. The summed E-state index contributed by atoms with van der Waals surface area (Å²) in [6, 6.07) is 0.326. The molecule has 0 aromatic carbocycles. The molecule has 1 aromatic rings. The molecule has 0 aliphatic rings. The van der Waals surface area contributed by atoms with E-state index in [4.69, 9.17) is 5.21 Å². The Labute approximate surface area is 79.7 Å². The Morgan fingerprint density at radius 1 is 1.75 bits per heavy atom. The van der Waals surface area contributed by atoms with E-state index in [1.165, 1.54) is 0 Å². The third kappa shape index (κ3) is 1.85. The number of aromatic nitrogens is 2. The van der Waals surface area contributed by atoms with E-state index in [1.807, 2.05) is 18.5 Å². The minimum absolute atomic E-state index is 0.326. The van der Waals surface area contributed by atoms with Gasteiger partial charge >= 0.3 is 0 Å². The SMILES string of the molecule is CC(C)n1ncc(CNO)c1Br. The molecule has 0 saturated carbocycles. The number of hydrogen-bond donors (Lipinski definition) is 2. The highest BCUT2D eigenvalue weighted by molar-refractivity contribution is 9.10. The lowest BCUT2D eigenvalue weighted by molar-refractivity contribution is 0.161. The van der Waals surface area contributed by atoms with Gasteiger partial charge in [0, 0.05) is 11.6 Å². The van der Waals surface area contributed by atoms with Crippen molar-refractivity contribution < 1.29 is 5.21 Å². The van der Waals surface area contributed by atoms with E-state index < -0.39 is 0 Å². The fourth-order valence-electron chi connectivity index (χ4n) is 0.947. The molecule has 12 heavy (non-hydrogen) atoms. The summed E-state index contributed by atoms with van der Waals surface area (Å²) in [5, 5.41) is 12.6. The first-order chi connectivity index (χ1) is 5.66. The molecule has 0 radical (unpaired) electrons. The molecule has 1 rings (SSSR count). The highest BCUT2D eigenvalue weighted by Gasteiger charge is 2.08. The molecule has 1 heterocycles. The molecule has 0 amide bonds. The van der Waals surface area contributed by atoms with Crippen LogP contribution < -0.4 is 5.48 Å². The summed E-state index contributed by atoms with van der Waals surface area (Å²) in [7, 11) is 0. The van der Waals surface area contributed by atoms with Crippen molar-refractivity contribution in [3.05, 3.63) is 16.4 Å². The van der Waals surface area contributed by atoms with Crippen LogP contribution in [0.25, 0.3) is 0 Å². The number of hydroxylamine groups is 1. The van der Waals surface area contributed by atoms with Crippen LogP contribution in [0, 0.1) is 0 Å². The first kappa shape index (κ1) is 9.70. The van der Waals surface area contributed by atoms with E-state index in [-0.39, 0.29) is 0 Å². The zero-order valence-corrected chi connectivity index (χ0v) is 8.67. The van der Waals surface area contributed by atoms with Gasteiger partial charge in [0.25, 0.3) is 0 Å². The Kier molecular flexibility index (Phi) is 3.25. The highest BCUT2D eigenvalue weighted by atomic mass is 79.9. The van der Waals surface area contributed by atoms with E-state index in [0.29, 0.717) is 12.6 Å². The highest BCUT2D eigenvalue weighted by Crippen LogP contribution is 2.19. The number of halogens is 1. The van der Waals surface area contributed by atoms with E-state index in [1.54, 1.807) is 6.20 Å². The van der Waals surface area contributed by atoms with Crippen molar-refractivity contribution in [1.29, 1.82) is 0 Å². The van der Waals surface area contributed by atoms with Crippen molar-refractivity contribution >= 4 is 15.9 Å². The van der Waals surface area contributed by atoms with Crippen LogP contribution in [-0.2, 0) is 6.54 Å². The van der Waals surface area contributed by atoms with Crippen molar-refractivity contribution in [3.8, 4) is 0 Å². The number of nitrogens with one attached hydrogen (secondary N) is 1. The molecule has 0 spiro atoms. The Balaban J connectivity index is 2.88. The second-order valence-electron chi connectivity index (χ2n) is 2.83. The smallest absolute Gasteiger partial charge is 0.108 e. The van der Waals surface area contributed by atoms with Gasteiger partial charge in [-0.2, -0.15) is 5.10 Å². The van der Waals surface area contributed by atoms with Crippen molar-refractivity contribution in [3.63, 3.8) is 0 Å². The van der Waals surface area contributed by atoms with Gasteiger partial charge < -0.3 is 5.21 Å². The maximum Gasteiger partial charge on any atom is 0.108 e. The monoisotopic (exact) mass is 233 g/mol. The Hall–Kier alpha value is -0.390. The van der Waals surface area contributed by atoms with Crippen LogP contribution in [0.3, 0.4) is 0 Å². The standard InChI is InChI=1S/C7H12BrN3O/c1-5(2)11-7(8)6(3-9-11)4-10-12/h3,5,10,12H,4H2,1-2H3. The van der Waals surface area contributed by atoms with Gasteiger partial charge in [0.1, 0.15) is 4.60 Å². The zero-order valence-electron chi connectivity index (χ0n) is 7.08. The molecule has 4 nitrogen and oxygen atoms in total. The Morgan fingerprint density at radius 2 is 2.42 bits per heavy atom. The summed E-state index contributed by atoms with van der Waals surface area (Å²) in [6.07, 6.45) is 1.73.